The number of ether oxygens (including phenoxy) is 1. The Hall–Kier alpha value is -13.0. The third-order valence-electron chi connectivity index (χ3n) is 15.7. The summed E-state index contributed by atoms with van der Waals surface area (Å²) in [5.41, 5.74) is 9.12. The van der Waals surface area contributed by atoms with Crippen molar-refractivity contribution in [3.05, 3.63) is 240 Å². The number of carboxylic acid groups (broad SMARTS) is 3. The van der Waals surface area contributed by atoms with Gasteiger partial charge in [-0.1, -0.05) is 48.5 Å². The lowest BCUT2D eigenvalue weighted by Crippen LogP contribution is -2.47. The first kappa shape index (κ1) is 64.1. The summed E-state index contributed by atoms with van der Waals surface area (Å²) < 4.78 is 6.43. The number of hydrogen-bond donors (Lipinski definition) is 6. The van der Waals surface area contributed by atoms with Gasteiger partial charge in [0.15, 0.2) is 11.6 Å². The molecule has 1 aliphatic rings. The van der Waals surface area contributed by atoms with Gasteiger partial charge in [0.05, 0.1) is 78.5 Å². The lowest BCUT2D eigenvalue weighted by atomic mass is 10.0. The molecule has 482 valence electrons. The highest BCUT2D eigenvalue weighted by Crippen LogP contribution is 2.30. The molecular formula is C72H58N14O11. The number of imidazole rings is 4. The van der Waals surface area contributed by atoms with Crippen molar-refractivity contribution < 1.29 is 53.6 Å². The maximum absolute atomic E-state index is 13.3. The minimum absolute atomic E-state index is 0.00468. The van der Waals surface area contributed by atoms with Crippen LogP contribution in [0.25, 0.3) is 88.2 Å². The number of nitrogens with zero attached hydrogens (tertiary/aromatic N) is 11. The van der Waals surface area contributed by atoms with Crippen molar-refractivity contribution in [3.8, 4) is 22.5 Å². The lowest BCUT2D eigenvalue weighted by Gasteiger charge is -2.32. The number of nitrogens with one attached hydrogen (secondary N) is 3. The van der Waals surface area contributed by atoms with E-state index < -0.39 is 29.6 Å². The molecule has 25 heteroatoms. The van der Waals surface area contributed by atoms with Crippen LogP contribution in [0, 0.1) is 0 Å². The number of aromatic amines is 3. The number of aromatic carboxylic acids is 3. The van der Waals surface area contributed by atoms with Gasteiger partial charge in [0.2, 0.25) is 11.6 Å². The molecule has 97 heavy (non-hydrogen) atoms. The molecule has 0 saturated carbocycles. The van der Waals surface area contributed by atoms with Gasteiger partial charge in [0.25, 0.3) is 5.91 Å². The number of pyridine rings is 4. The summed E-state index contributed by atoms with van der Waals surface area (Å²) in [6, 6.07) is 41.6. The Morgan fingerprint density at radius 3 is 1.48 bits per heavy atom. The molecule has 0 aliphatic carbocycles. The molecule has 0 atom stereocenters. The summed E-state index contributed by atoms with van der Waals surface area (Å²) in [5, 5.41) is 30.7. The van der Waals surface area contributed by atoms with Crippen LogP contribution < -0.4 is 0 Å². The van der Waals surface area contributed by atoms with E-state index in [2.05, 4.69) is 66.8 Å². The second-order valence-corrected chi connectivity index (χ2v) is 23.4. The van der Waals surface area contributed by atoms with Gasteiger partial charge in [-0.15, -0.1) is 0 Å². The highest BCUT2D eigenvalue weighted by molar-refractivity contribution is 6.10. The minimum Gasteiger partial charge on any atom is -0.478 e. The summed E-state index contributed by atoms with van der Waals surface area (Å²) in [6.45, 7) is 8.40. The summed E-state index contributed by atoms with van der Waals surface area (Å²) >= 11 is 0. The second-order valence-electron chi connectivity index (χ2n) is 23.4. The quantitative estimate of drug-likeness (QED) is 0.0693. The van der Waals surface area contributed by atoms with E-state index in [4.69, 9.17) is 20.1 Å². The predicted molar refractivity (Wildman–Crippen MR) is 361 cm³/mol. The standard InChI is InChI=1S/C28H24N6O2.C23H14N4O3.C13H14N2O4.C8H6N2O2/c1-33-10-12-34(13-11-33)28(36)19-6-7-23-25(15-19)32-27(31-23)26(35)18-8-9-30-24(14-18)22-17-29-16-20-4-2-3-5-21(20)22;28-21(22-26-18-6-5-14(23(29)30)10-20(18)27-22)13-7-8-25-19(9-13)17-12-24-11-15-3-1-2-4-16(15)17;1-13(2,3)19-12(18)15-7-14-9-5-4-8(11(16)17)6-10(9)15;11-8(12)5-1-2-6-7(3-5)10-4-9-6/h2-9,14-17H,10-13H2,1H3,(H,31,32);1-12H,(H,26,27)(H,29,30);4-7H,1-3H3,(H,16,17);1-4H,(H,9,10)(H,11,12). The SMILES string of the molecule is CC(C)(C)OC(=O)n1cnc2ccc(C(=O)O)cc21.CN1CCN(C(=O)c2ccc3nc(C(=O)c4ccnc(-c5cncc6ccccc56)c4)[nH]c3c2)CC1.O=C(O)c1ccc2nc(C(=O)c3ccnc(-c4cncc5ccccc45)c3)[nH]c2c1.O=C(O)c1ccc2nc[nH]c2c1. The van der Waals surface area contributed by atoms with Crippen molar-refractivity contribution >= 4 is 107 Å². The zero-order valence-corrected chi connectivity index (χ0v) is 52.3. The van der Waals surface area contributed by atoms with Crippen LogP contribution in [-0.2, 0) is 4.74 Å². The van der Waals surface area contributed by atoms with Crippen LogP contribution in [0.15, 0.2) is 195 Å². The lowest BCUT2D eigenvalue weighted by molar-refractivity contribution is 0.0540. The zero-order chi connectivity index (χ0) is 68.1. The average molecular weight is 1300 g/mol. The average Bonchev–Trinajstić information content (AvgIpc) is 1.68. The van der Waals surface area contributed by atoms with Crippen molar-refractivity contribution in [2.24, 2.45) is 0 Å². The molecule has 1 saturated heterocycles. The van der Waals surface area contributed by atoms with Gasteiger partial charge in [0, 0.05) is 102 Å². The van der Waals surface area contributed by atoms with Gasteiger partial charge in [-0.05, 0) is 136 Å². The molecule has 15 rings (SSSR count). The minimum atomic E-state index is -1.06. The summed E-state index contributed by atoms with van der Waals surface area (Å²) in [6.07, 6.45) is 12.6. The van der Waals surface area contributed by atoms with Gasteiger partial charge >= 0.3 is 24.0 Å². The topological polar surface area (TPSA) is 351 Å². The molecular weight excluding hydrogens is 1240 g/mol. The molecule has 25 nitrogen and oxygen atoms in total. The van der Waals surface area contributed by atoms with Crippen LogP contribution in [0.4, 0.5) is 4.79 Å². The zero-order valence-electron chi connectivity index (χ0n) is 52.3. The molecule has 1 amide bonds. The van der Waals surface area contributed by atoms with Crippen molar-refractivity contribution in [3.63, 3.8) is 0 Å². The van der Waals surface area contributed by atoms with E-state index >= 15 is 0 Å². The van der Waals surface area contributed by atoms with Crippen LogP contribution in [0.2, 0.25) is 0 Å². The Kier molecular flexibility index (Phi) is 18.0. The van der Waals surface area contributed by atoms with E-state index in [1.807, 2.05) is 59.6 Å². The number of benzene rings is 6. The summed E-state index contributed by atoms with van der Waals surface area (Å²) in [5.74, 6) is -3.21. The number of carbonyl (C=O) groups is 7. The predicted octanol–water partition coefficient (Wildman–Crippen LogP) is 11.7. The fourth-order valence-corrected chi connectivity index (χ4v) is 10.7. The molecule has 6 aromatic carbocycles. The van der Waals surface area contributed by atoms with Crippen LogP contribution >= 0.6 is 0 Å². The van der Waals surface area contributed by atoms with Crippen LogP contribution in [0.1, 0.15) is 94.6 Å². The third-order valence-corrected chi connectivity index (χ3v) is 15.7. The fourth-order valence-electron chi connectivity index (χ4n) is 10.7. The van der Waals surface area contributed by atoms with Gasteiger partial charge < -0.3 is 44.8 Å². The number of carboxylic acids is 3. The van der Waals surface area contributed by atoms with Crippen molar-refractivity contribution in [2.45, 2.75) is 26.4 Å². The number of ketones is 2. The van der Waals surface area contributed by atoms with Crippen molar-refractivity contribution in [2.75, 3.05) is 33.2 Å². The fraction of sp³-hybridized carbons (Fsp3) is 0.125. The second kappa shape index (κ2) is 27.3. The molecule has 1 fully saturated rings. The van der Waals surface area contributed by atoms with Crippen LogP contribution in [0.5, 0.6) is 0 Å². The van der Waals surface area contributed by atoms with E-state index in [9.17, 15) is 33.6 Å². The Bertz CT molecular complexity index is 5400. The molecule has 14 aromatic rings. The maximum atomic E-state index is 13.3. The van der Waals surface area contributed by atoms with E-state index in [-0.39, 0.29) is 45.8 Å². The number of fused-ring (bicyclic) bond motifs is 6. The number of likely N-dealkylation sites (N-methyl/N-ethyl adjacent to an activating group) is 1. The van der Waals surface area contributed by atoms with Crippen LogP contribution in [0.3, 0.4) is 0 Å². The molecule has 0 bridgehead atoms. The Labute approximate surface area is 550 Å². The summed E-state index contributed by atoms with van der Waals surface area (Å²) in [7, 11) is 2.06. The van der Waals surface area contributed by atoms with Gasteiger partial charge in [0.1, 0.15) is 11.9 Å². The number of H-pyrrole nitrogens is 3. The first-order chi connectivity index (χ1) is 46.7. The third kappa shape index (κ3) is 14.3. The normalized spacial score (nSPS) is 12.3. The molecule has 0 spiro atoms. The highest BCUT2D eigenvalue weighted by Gasteiger charge is 2.24. The molecule has 1 aliphatic heterocycles. The number of hydrogen-bond acceptors (Lipinski definition) is 17. The maximum Gasteiger partial charge on any atom is 0.420 e. The first-order valence-electron chi connectivity index (χ1n) is 30.2. The molecule has 0 radical (unpaired) electrons. The highest BCUT2D eigenvalue weighted by atomic mass is 16.6. The Morgan fingerprint density at radius 1 is 0.485 bits per heavy atom. The number of aromatic nitrogens is 12. The monoisotopic (exact) mass is 1290 g/mol. The molecule has 6 N–H and O–H groups in total. The number of piperazine rings is 1. The number of rotatable bonds is 10. The Balaban J connectivity index is 0.000000132. The largest absolute Gasteiger partial charge is 0.478 e. The Morgan fingerprint density at radius 2 is 0.959 bits per heavy atom. The van der Waals surface area contributed by atoms with Gasteiger partial charge in [-0.25, -0.2) is 43.7 Å². The van der Waals surface area contributed by atoms with E-state index in [1.54, 1.807) is 118 Å². The number of carbonyl (C=O) groups excluding carboxylic acids is 4. The summed E-state index contributed by atoms with van der Waals surface area (Å²) in [4.78, 5) is 131. The van der Waals surface area contributed by atoms with Crippen molar-refractivity contribution in [1.82, 2.24) is 69.2 Å². The van der Waals surface area contributed by atoms with E-state index in [0.717, 1.165) is 56.8 Å². The molecule has 0 unspecified atom stereocenters. The van der Waals surface area contributed by atoms with Crippen molar-refractivity contribution in [1.29, 1.82) is 0 Å². The smallest absolute Gasteiger partial charge is 0.420 e. The molecule has 9 heterocycles. The van der Waals surface area contributed by atoms with Gasteiger partial charge in [-0.2, -0.15) is 0 Å². The van der Waals surface area contributed by atoms with E-state index in [1.165, 1.54) is 47.6 Å². The first-order valence-corrected chi connectivity index (χ1v) is 30.2. The van der Waals surface area contributed by atoms with E-state index in [0.29, 0.717) is 74.3 Å². The van der Waals surface area contributed by atoms with Crippen LogP contribution in [-0.4, -0.2) is 165 Å². The molecule has 8 aromatic heterocycles. The van der Waals surface area contributed by atoms with Gasteiger partial charge in [-0.3, -0.25) is 34.3 Å². The number of amides is 1.